The summed E-state index contributed by atoms with van der Waals surface area (Å²) < 4.78 is 5.59. The molecular weight excluding hydrogens is 326 g/mol. The molecule has 0 spiro atoms. The molecule has 0 fully saturated rings. The largest absolute Gasteiger partial charge is 0.481 e. The van der Waals surface area contributed by atoms with Crippen molar-refractivity contribution >= 4 is 22.6 Å². The van der Waals surface area contributed by atoms with Crippen molar-refractivity contribution in [3.63, 3.8) is 0 Å². The number of ether oxygens (including phenoxy) is 1. The van der Waals surface area contributed by atoms with Gasteiger partial charge in [-0.15, -0.1) is 0 Å². The molecule has 2 amide bonds. The zero-order chi connectivity index (χ0) is 18.2. The Labute approximate surface area is 152 Å². The van der Waals surface area contributed by atoms with Crippen LogP contribution in [0, 0.1) is 18.8 Å². The van der Waals surface area contributed by atoms with Crippen LogP contribution in [0.2, 0.25) is 0 Å². The molecule has 5 nitrogen and oxygen atoms in total. The lowest BCUT2D eigenvalue weighted by molar-refractivity contribution is 0.253. The highest BCUT2D eigenvalue weighted by molar-refractivity contribution is 5.89. The number of carbonyl (C=O) groups is 1. The van der Waals surface area contributed by atoms with Gasteiger partial charge in [0.15, 0.2) is 0 Å². The molecule has 0 aliphatic carbocycles. The molecule has 0 saturated heterocycles. The third-order valence-electron chi connectivity index (χ3n) is 3.66. The Kier molecular flexibility index (Phi) is 5.69. The highest BCUT2D eigenvalue weighted by Crippen LogP contribution is 2.18. The number of anilines is 1. The van der Waals surface area contributed by atoms with Gasteiger partial charge in [-0.1, -0.05) is 35.6 Å². The Bertz CT molecular complexity index is 956. The van der Waals surface area contributed by atoms with Crippen molar-refractivity contribution in [2.24, 2.45) is 0 Å². The lowest BCUT2D eigenvalue weighted by atomic mass is 10.2. The molecule has 0 aliphatic rings. The maximum absolute atomic E-state index is 11.7. The second kappa shape index (κ2) is 8.54. The van der Waals surface area contributed by atoms with E-state index in [1.165, 1.54) is 0 Å². The van der Waals surface area contributed by atoms with E-state index in [1.807, 2.05) is 61.5 Å². The first-order chi connectivity index (χ1) is 12.7. The summed E-state index contributed by atoms with van der Waals surface area (Å²) in [6, 6.07) is 16.9. The van der Waals surface area contributed by atoms with Crippen molar-refractivity contribution in [1.29, 1.82) is 0 Å². The van der Waals surface area contributed by atoms with Crippen LogP contribution in [-0.2, 0) is 0 Å². The Morgan fingerprint density at radius 1 is 1.12 bits per heavy atom. The molecular formula is C21H19N3O2. The number of pyridine rings is 1. The number of hydrogen-bond donors (Lipinski definition) is 2. The number of nitrogens with one attached hydrogen (secondary N) is 2. The van der Waals surface area contributed by atoms with Gasteiger partial charge in [-0.3, -0.25) is 4.98 Å². The summed E-state index contributed by atoms with van der Waals surface area (Å²) in [5, 5.41) is 6.49. The summed E-state index contributed by atoms with van der Waals surface area (Å²) in [7, 11) is 0. The van der Waals surface area contributed by atoms with E-state index in [4.69, 9.17) is 4.74 Å². The first-order valence-corrected chi connectivity index (χ1v) is 8.25. The average molecular weight is 345 g/mol. The predicted octanol–water partition coefficient (Wildman–Crippen LogP) is 3.75. The molecule has 3 aromatic rings. The number of nitrogens with zero attached hydrogens (tertiary/aromatic N) is 1. The van der Waals surface area contributed by atoms with Gasteiger partial charge in [-0.25, -0.2) is 4.79 Å². The number of aryl methyl sites for hydroxylation is 1. The summed E-state index contributed by atoms with van der Waals surface area (Å²) in [5.41, 5.74) is 2.77. The number of carbonyl (C=O) groups excluding carboxylic acids is 1. The lowest BCUT2D eigenvalue weighted by Crippen LogP contribution is -2.28. The van der Waals surface area contributed by atoms with Gasteiger partial charge >= 0.3 is 6.03 Å². The van der Waals surface area contributed by atoms with Crippen LogP contribution in [0.3, 0.4) is 0 Å². The first kappa shape index (κ1) is 17.3. The molecule has 130 valence electrons. The fraction of sp³-hybridized carbons (Fsp3) is 0.143. The van der Waals surface area contributed by atoms with Gasteiger partial charge in [0.25, 0.3) is 0 Å². The van der Waals surface area contributed by atoms with Gasteiger partial charge in [-0.2, -0.15) is 0 Å². The predicted molar refractivity (Wildman–Crippen MR) is 103 cm³/mol. The van der Waals surface area contributed by atoms with Crippen molar-refractivity contribution in [2.45, 2.75) is 6.92 Å². The topological polar surface area (TPSA) is 63.2 Å². The summed E-state index contributed by atoms with van der Waals surface area (Å²) >= 11 is 0. The molecule has 0 saturated carbocycles. The first-order valence-electron chi connectivity index (χ1n) is 8.25. The van der Waals surface area contributed by atoms with E-state index < -0.39 is 0 Å². The smallest absolute Gasteiger partial charge is 0.319 e. The van der Waals surface area contributed by atoms with Gasteiger partial charge in [0.1, 0.15) is 12.4 Å². The summed E-state index contributed by atoms with van der Waals surface area (Å²) in [6.07, 6.45) is 1.75. The van der Waals surface area contributed by atoms with E-state index in [2.05, 4.69) is 27.5 Å². The van der Waals surface area contributed by atoms with E-state index in [0.717, 1.165) is 27.9 Å². The van der Waals surface area contributed by atoms with Crippen LogP contribution in [-0.4, -0.2) is 24.2 Å². The third kappa shape index (κ3) is 4.99. The molecule has 3 rings (SSSR count). The van der Waals surface area contributed by atoms with Gasteiger partial charge in [0, 0.05) is 23.3 Å². The average Bonchev–Trinajstić information content (AvgIpc) is 2.66. The Balaban J connectivity index is 1.40. The van der Waals surface area contributed by atoms with Gasteiger partial charge in [-0.05, 0) is 37.3 Å². The molecule has 26 heavy (non-hydrogen) atoms. The van der Waals surface area contributed by atoms with Crippen LogP contribution in [0.1, 0.15) is 5.56 Å². The fourth-order valence-electron chi connectivity index (χ4n) is 2.31. The number of fused-ring (bicyclic) bond motifs is 1. The molecule has 5 heteroatoms. The lowest BCUT2D eigenvalue weighted by Gasteiger charge is -2.05. The zero-order valence-corrected chi connectivity index (χ0v) is 14.5. The normalized spacial score (nSPS) is 9.88. The zero-order valence-electron chi connectivity index (χ0n) is 14.5. The fourth-order valence-corrected chi connectivity index (χ4v) is 2.31. The van der Waals surface area contributed by atoms with Crippen molar-refractivity contribution in [3.8, 4) is 17.6 Å². The molecule has 1 heterocycles. The summed E-state index contributed by atoms with van der Waals surface area (Å²) in [6.45, 7) is 2.50. The Morgan fingerprint density at radius 2 is 1.96 bits per heavy atom. The van der Waals surface area contributed by atoms with Gasteiger partial charge < -0.3 is 15.4 Å². The summed E-state index contributed by atoms with van der Waals surface area (Å²) in [5.74, 6) is 6.45. The SMILES string of the molecule is Cc1ccc(NC(=O)NCC#CCOc2ccc3cccnc3c2)cc1. The minimum absolute atomic E-state index is 0.250. The van der Waals surface area contributed by atoms with E-state index in [0.29, 0.717) is 0 Å². The maximum atomic E-state index is 11.7. The minimum atomic E-state index is -0.287. The van der Waals surface area contributed by atoms with Gasteiger partial charge in [0.05, 0.1) is 12.1 Å². The molecule has 0 aliphatic heterocycles. The Morgan fingerprint density at radius 3 is 2.81 bits per heavy atom. The molecule has 0 unspecified atom stereocenters. The van der Waals surface area contributed by atoms with E-state index in [9.17, 15) is 4.79 Å². The highest BCUT2D eigenvalue weighted by Gasteiger charge is 1.99. The molecule has 1 aromatic heterocycles. The molecule has 2 N–H and O–H groups in total. The standard InChI is InChI=1S/C21H19N3O2/c1-16-6-9-18(10-7-16)24-21(25)23-12-2-3-14-26-19-11-8-17-5-4-13-22-20(17)15-19/h4-11,13,15H,12,14H2,1H3,(H2,23,24,25). The van der Waals surface area contributed by atoms with Crippen molar-refractivity contribution in [3.05, 3.63) is 66.4 Å². The number of benzene rings is 2. The highest BCUT2D eigenvalue weighted by atomic mass is 16.5. The van der Waals surface area contributed by atoms with E-state index >= 15 is 0 Å². The van der Waals surface area contributed by atoms with Gasteiger partial charge in [0.2, 0.25) is 0 Å². The molecule has 2 aromatic carbocycles. The number of amides is 2. The molecule has 0 bridgehead atoms. The number of hydrogen-bond acceptors (Lipinski definition) is 3. The second-order valence-electron chi connectivity index (χ2n) is 5.67. The molecule has 0 radical (unpaired) electrons. The van der Waals surface area contributed by atoms with E-state index in [1.54, 1.807) is 6.20 Å². The van der Waals surface area contributed by atoms with Crippen LogP contribution in [0.4, 0.5) is 10.5 Å². The number of rotatable bonds is 4. The van der Waals surface area contributed by atoms with Crippen molar-refractivity contribution < 1.29 is 9.53 Å². The Hall–Kier alpha value is -3.52. The van der Waals surface area contributed by atoms with Crippen LogP contribution in [0.25, 0.3) is 10.9 Å². The van der Waals surface area contributed by atoms with Crippen LogP contribution < -0.4 is 15.4 Å². The van der Waals surface area contributed by atoms with Crippen LogP contribution in [0.15, 0.2) is 60.8 Å². The van der Waals surface area contributed by atoms with Crippen LogP contribution >= 0.6 is 0 Å². The van der Waals surface area contributed by atoms with Crippen molar-refractivity contribution in [1.82, 2.24) is 10.3 Å². The monoisotopic (exact) mass is 345 g/mol. The van der Waals surface area contributed by atoms with Crippen LogP contribution in [0.5, 0.6) is 5.75 Å². The minimum Gasteiger partial charge on any atom is -0.481 e. The molecule has 0 atom stereocenters. The third-order valence-corrected chi connectivity index (χ3v) is 3.66. The van der Waals surface area contributed by atoms with E-state index in [-0.39, 0.29) is 19.2 Å². The maximum Gasteiger partial charge on any atom is 0.319 e. The second-order valence-corrected chi connectivity index (χ2v) is 5.67. The number of urea groups is 1. The number of aromatic nitrogens is 1. The van der Waals surface area contributed by atoms with Crippen molar-refractivity contribution in [2.75, 3.05) is 18.5 Å². The quantitative estimate of drug-likeness (QED) is 0.708. The summed E-state index contributed by atoms with van der Waals surface area (Å²) in [4.78, 5) is 16.0.